The summed E-state index contributed by atoms with van der Waals surface area (Å²) in [5.41, 5.74) is 1.17. The Labute approximate surface area is 138 Å². The molecule has 21 heavy (non-hydrogen) atoms. The Morgan fingerprint density at radius 1 is 1.19 bits per heavy atom. The van der Waals surface area contributed by atoms with Crippen LogP contribution in [0.1, 0.15) is 26.3 Å². The van der Waals surface area contributed by atoms with Crippen molar-refractivity contribution >= 4 is 39.5 Å². The number of carbonyl (C=O) groups excluding carboxylic acids is 2. The predicted molar refractivity (Wildman–Crippen MR) is 91.2 cm³/mol. The largest absolute Gasteiger partial charge is 0.352 e. The molecule has 0 aromatic heterocycles. The van der Waals surface area contributed by atoms with Gasteiger partial charge in [-0.2, -0.15) is 0 Å². The molecule has 0 saturated heterocycles. The molecule has 116 valence electrons. The molecule has 0 aliphatic rings. The first-order valence-electron chi connectivity index (χ1n) is 6.81. The van der Waals surface area contributed by atoms with Crippen molar-refractivity contribution in [3.63, 3.8) is 0 Å². The highest BCUT2D eigenvalue weighted by molar-refractivity contribution is 9.10. The van der Waals surface area contributed by atoms with Gasteiger partial charge in [0.2, 0.25) is 11.8 Å². The Bertz CT molecular complexity index is 477. The maximum absolute atomic E-state index is 11.9. The van der Waals surface area contributed by atoms with Gasteiger partial charge in [0.25, 0.3) is 0 Å². The van der Waals surface area contributed by atoms with Gasteiger partial charge in [-0.1, -0.05) is 28.1 Å². The summed E-state index contributed by atoms with van der Waals surface area (Å²) in [6, 6.07) is 8.10. The summed E-state index contributed by atoms with van der Waals surface area (Å²) in [5.74, 6) is 0.486. The van der Waals surface area contributed by atoms with Crippen molar-refractivity contribution in [3.8, 4) is 0 Å². The zero-order valence-corrected chi connectivity index (χ0v) is 14.9. The lowest BCUT2D eigenvalue weighted by atomic mass is 10.2. The van der Waals surface area contributed by atoms with Crippen molar-refractivity contribution in [1.29, 1.82) is 0 Å². The van der Waals surface area contributed by atoms with Crippen LogP contribution in [-0.4, -0.2) is 29.7 Å². The predicted octanol–water partition coefficient (Wildman–Crippen LogP) is 2.71. The number of nitrogens with one attached hydrogen (secondary N) is 2. The molecule has 4 nitrogen and oxygen atoms in total. The lowest BCUT2D eigenvalue weighted by molar-refractivity contribution is -0.125. The second-order valence-electron chi connectivity index (χ2n) is 5.02. The monoisotopic (exact) mass is 372 g/mol. The molecule has 0 bridgehead atoms. The van der Waals surface area contributed by atoms with Gasteiger partial charge in [0.15, 0.2) is 0 Å². The zero-order valence-electron chi connectivity index (χ0n) is 12.5. The maximum Gasteiger partial charge on any atom is 0.239 e. The third-order valence-electron chi connectivity index (χ3n) is 2.66. The van der Waals surface area contributed by atoms with Gasteiger partial charge in [-0.05, 0) is 38.5 Å². The van der Waals surface area contributed by atoms with Gasteiger partial charge in [0.05, 0.1) is 11.8 Å². The van der Waals surface area contributed by atoms with Gasteiger partial charge < -0.3 is 10.6 Å². The first kappa shape index (κ1) is 18.0. The average Bonchev–Trinajstić information content (AvgIpc) is 2.43. The highest BCUT2D eigenvalue weighted by atomic mass is 79.9. The number of halogens is 1. The van der Waals surface area contributed by atoms with E-state index in [1.54, 1.807) is 11.8 Å². The number of hydrogen-bond donors (Lipinski definition) is 2. The minimum absolute atomic E-state index is 0.0280. The Balaban J connectivity index is 2.31. The highest BCUT2D eigenvalue weighted by Gasteiger charge is 2.14. The van der Waals surface area contributed by atoms with Crippen LogP contribution >= 0.6 is 27.7 Å². The van der Waals surface area contributed by atoms with Crippen LogP contribution in [0.4, 0.5) is 0 Å². The number of thioether (sulfide) groups is 1. The average molecular weight is 373 g/mol. The third-order valence-corrected chi connectivity index (χ3v) is 4.40. The van der Waals surface area contributed by atoms with E-state index >= 15 is 0 Å². The van der Waals surface area contributed by atoms with Crippen molar-refractivity contribution in [3.05, 3.63) is 34.3 Å². The molecule has 1 rings (SSSR count). The second-order valence-corrected chi connectivity index (χ2v) is 7.26. The molecule has 1 aromatic rings. The molecule has 0 heterocycles. The van der Waals surface area contributed by atoms with Gasteiger partial charge in [-0.25, -0.2) is 0 Å². The van der Waals surface area contributed by atoms with Crippen LogP contribution < -0.4 is 10.6 Å². The molecule has 1 atom stereocenters. The van der Waals surface area contributed by atoms with E-state index in [-0.39, 0.29) is 29.7 Å². The normalized spacial score (nSPS) is 12.0. The summed E-state index contributed by atoms with van der Waals surface area (Å²) in [7, 11) is 0. The summed E-state index contributed by atoms with van der Waals surface area (Å²) in [6.07, 6.45) is 0. The van der Waals surface area contributed by atoms with Gasteiger partial charge in [0.1, 0.15) is 0 Å². The molecule has 2 amide bonds. The van der Waals surface area contributed by atoms with Gasteiger partial charge >= 0.3 is 0 Å². The minimum atomic E-state index is -0.194. The van der Waals surface area contributed by atoms with E-state index in [2.05, 4.69) is 26.6 Å². The Morgan fingerprint density at radius 2 is 1.81 bits per heavy atom. The Kier molecular flexibility index (Phi) is 7.82. The summed E-state index contributed by atoms with van der Waals surface area (Å²) in [4.78, 5) is 23.3. The van der Waals surface area contributed by atoms with Gasteiger partial charge in [0, 0.05) is 16.3 Å². The van der Waals surface area contributed by atoms with Crippen molar-refractivity contribution in [1.82, 2.24) is 10.6 Å². The van der Waals surface area contributed by atoms with E-state index in [4.69, 9.17) is 0 Å². The lowest BCUT2D eigenvalue weighted by Gasteiger charge is -2.13. The molecule has 6 heteroatoms. The van der Waals surface area contributed by atoms with Crippen LogP contribution in [0.25, 0.3) is 0 Å². The van der Waals surface area contributed by atoms with Crippen molar-refractivity contribution < 1.29 is 9.59 Å². The number of rotatable bonds is 7. The molecule has 0 fully saturated rings. The molecular formula is C15H21BrN2O2S. The van der Waals surface area contributed by atoms with E-state index in [9.17, 15) is 9.59 Å². The Hall–Kier alpha value is -1.01. The lowest BCUT2D eigenvalue weighted by Crippen LogP contribution is -2.42. The van der Waals surface area contributed by atoms with Crippen LogP contribution in [0.15, 0.2) is 28.7 Å². The summed E-state index contributed by atoms with van der Waals surface area (Å²) in [6.45, 7) is 5.65. The first-order valence-corrected chi connectivity index (χ1v) is 8.65. The Morgan fingerprint density at radius 3 is 2.38 bits per heavy atom. The summed E-state index contributed by atoms with van der Waals surface area (Å²) < 4.78 is 1.04. The second kappa shape index (κ2) is 9.10. The van der Waals surface area contributed by atoms with Crippen LogP contribution in [0.5, 0.6) is 0 Å². The van der Waals surface area contributed by atoms with Crippen molar-refractivity contribution in [2.75, 3.05) is 6.54 Å². The van der Waals surface area contributed by atoms with Gasteiger partial charge in [-0.15, -0.1) is 11.8 Å². The van der Waals surface area contributed by atoms with Crippen LogP contribution in [0.3, 0.4) is 0 Å². The van der Waals surface area contributed by atoms with E-state index < -0.39 is 0 Å². The molecule has 2 N–H and O–H groups in total. The fourth-order valence-electron chi connectivity index (χ4n) is 1.56. The van der Waals surface area contributed by atoms with E-state index in [1.165, 1.54) is 5.56 Å². The van der Waals surface area contributed by atoms with Crippen LogP contribution in [-0.2, 0) is 15.3 Å². The molecule has 0 aliphatic heterocycles. The fourth-order valence-corrected chi connectivity index (χ4v) is 2.70. The maximum atomic E-state index is 11.9. The number of hydrogen-bond acceptors (Lipinski definition) is 3. The highest BCUT2D eigenvalue weighted by Crippen LogP contribution is 2.19. The zero-order chi connectivity index (χ0) is 15.8. The van der Waals surface area contributed by atoms with Gasteiger partial charge in [-0.3, -0.25) is 9.59 Å². The van der Waals surface area contributed by atoms with Crippen molar-refractivity contribution in [2.45, 2.75) is 37.8 Å². The molecule has 0 unspecified atom stereocenters. The van der Waals surface area contributed by atoms with Crippen molar-refractivity contribution in [2.24, 2.45) is 0 Å². The molecule has 1 aromatic carbocycles. The summed E-state index contributed by atoms with van der Waals surface area (Å²) in [5, 5.41) is 5.19. The van der Waals surface area contributed by atoms with E-state index in [1.807, 2.05) is 45.0 Å². The number of carbonyl (C=O) groups is 2. The molecule has 0 saturated carbocycles. The van der Waals surface area contributed by atoms with E-state index in [0.29, 0.717) is 0 Å². The molecule has 0 radical (unpaired) electrons. The summed E-state index contributed by atoms with van der Waals surface area (Å²) >= 11 is 4.94. The SMILES string of the molecule is CC(C)NC(=O)CNC(=O)[C@@H](C)SCc1ccc(Br)cc1. The number of amides is 2. The first-order chi connectivity index (χ1) is 9.88. The fraction of sp³-hybridized carbons (Fsp3) is 0.467. The molecule has 0 spiro atoms. The molecule has 0 aliphatic carbocycles. The molecular weight excluding hydrogens is 352 g/mol. The quantitative estimate of drug-likeness (QED) is 0.773. The third kappa shape index (κ3) is 7.52. The smallest absolute Gasteiger partial charge is 0.239 e. The number of benzene rings is 1. The van der Waals surface area contributed by atoms with Crippen LogP contribution in [0, 0.1) is 0 Å². The minimum Gasteiger partial charge on any atom is -0.352 e. The van der Waals surface area contributed by atoms with E-state index in [0.717, 1.165) is 10.2 Å². The standard InChI is InChI=1S/C15H21BrN2O2S/c1-10(2)18-14(19)8-17-15(20)11(3)21-9-12-4-6-13(16)7-5-12/h4-7,10-11H,8-9H2,1-3H3,(H,17,20)(H,18,19)/t11-/m1/s1. The van der Waals surface area contributed by atoms with Crippen LogP contribution in [0.2, 0.25) is 0 Å². The topological polar surface area (TPSA) is 58.2 Å².